The van der Waals surface area contributed by atoms with Gasteiger partial charge in [0.15, 0.2) is 7.28 Å². The minimum Gasteiger partial charge on any atom is -0.458 e. The molecule has 0 bridgehead atoms. The lowest BCUT2D eigenvalue weighted by Crippen LogP contribution is -2.34. The number of esters is 1. The van der Waals surface area contributed by atoms with Crippen LogP contribution in [0.1, 0.15) is 47.8 Å². The SMILES string of the molecule is CC[C@H]1OC(=O)c2ccc(BCc3ccccc3)nc2C1C. The highest BCUT2D eigenvalue weighted by Crippen LogP contribution is 2.30. The first-order valence-electron chi connectivity index (χ1n) is 7.93. The average Bonchev–Trinajstić information content (AvgIpc) is 2.57. The zero-order valence-electron chi connectivity index (χ0n) is 13.1. The van der Waals surface area contributed by atoms with Gasteiger partial charge in [0.25, 0.3) is 0 Å². The molecule has 0 saturated carbocycles. The fourth-order valence-electron chi connectivity index (χ4n) is 3.01. The Morgan fingerprint density at radius 3 is 2.68 bits per heavy atom. The van der Waals surface area contributed by atoms with Crippen LogP contribution in [0.5, 0.6) is 0 Å². The highest BCUT2D eigenvalue weighted by atomic mass is 16.5. The van der Waals surface area contributed by atoms with Gasteiger partial charge in [-0.3, -0.25) is 4.98 Å². The van der Waals surface area contributed by atoms with E-state index in [1.165, 1.54) is 5.56 Å². The number of benzene rings is 1. The third-order valence-electron chi connectivity index (χ3n) is 4.36. The number of hydrogen-bond donors (Lipinski definition) is 0. The molecule has 2 heterocycles. The van der Waals surface area contributed by atoms with Crippen molar-refractivity contribution in [3.8, 4) is 0 Å². The average molecular weight is 293 g/mol. The molecule has 3 nitrogen and oxygen atoms in total. The maximum absolute atomic E-state index is 12.0. The molecule has 0 saturated heterocycles. The predicted molar refractivity (Wildman–Crippen MR) is 89.1 cm³/mol. The molecule has 0 aliphatic carbocycles. The van der Waals surface area contributed by atoms with Gasteiger partial charge in [0.05, 0.1) is 11.3 Å². The van der Waals surface area contributed by atoms with Gasteiger partial charge < -0.3 is 4.74 Å². The van der Waals surface area contributed by atoms with Crippen molar-refractivity contribution >= 4 is 18.8 Å². The van der Waals surface area contributed by atoms with Gasteiger partial charge in [-0.1, -0.05) is 49.7 Å². The molecule has 1 aliphatic heterocycles. The van der Waals surface area contributed by atoms with Crippen molar-refractivity contribution in [3.63, 3.8) is 0 Å². The van der Waals surface area contributed by atoms with Gasteiger partial charge in [-0.15, -0.1) is 0 Å². The maximum atomic E-state index is 12.0. The van der Waals surface area contributed by atoms with Crippen LogP contribution < -0.4 is 5.59 Å². The number of carbonyl (C=O) groups is 1. The Morgan fingerprint density at radius 2 is 1.95 bits per heavy atom. The Labute approximate surface area is 132 Å². The molecular weight excluding hydrogens is 273 g/mol. The smallest absolute Gasteiger partial charge is 0.340 e. The summed E-state index contributed by atoms with van der Waals surface area (Å²) in [7, 11) is 0.885. The summed E-state index contributed by atoms with van der Waals surface area (Å²) in [5.74, 6) is -0.0727. The minimum absolute atomic E-state index is 0.0585. The third-order valence-corrected chi connectivity index (χ3v) is 4.36. The molecule has 1 aliphatic rings. The molecule has 1 aromatic carbocycles. The highest BCUT2D eigenvalue weighted by molar-refractivity contribution is 6.51. The highest BCUT2D eigenvalue weighted by Gasteiger charge is 2.32. The molecule has 3 rings (SSSR count). The topological polar surface area (TPSA) is 39.2 Å². The molecule has 22 heavy (non-hydrogen) atoms. The van der Waals surface area contributed by atoms with Gasteiger partial charge >= 0.3 is 5.97 Å². The van der Waals surface area contributed by atoms with Crippen molar-refractivity contribution < 1.29 is 9.53 Å². The fourth-order valence-corrected chi connectivity index (χ4v) is 3.01. The van der Waals surface area contributed by atoms with E-state index in [1.54, 1.807) is 0 Å². The Hall–Kier alpha value is -2.10. The second-order valence-corrected chi connectivity index (χ2v) is 5.86. The Bertz CT molecular complexity index is 672. The lowest BCUT2D eigenvalue weighted by atomic mass is 9.68. The second kappa shape index (κ2) is 6.35. The van der Waals surface area contributed by atoms with E-state index in [9.17, 15) is 4.79 Å². The summed E-state index contributed by atoms with van der Waals surface area (Å²) >= 11 is 0. The normalized spacial score (nSPS) is 20.2. The largest absolute Gasteiger partial charge is 0.458 e. The van der Waals surface area contributed by atoms with Crippen molar-refractivity contribution in [2.24, 2.45) is 0 Å². The van der Waals surface area contributed by atoms with E-state index in [0.29, 0.717) is 5.56 Å². The molecule has 112 valence electrons. The van der Waals surface area contributed by atoms with Crippen LogP contribution in [-0.2, 0) is 11.1 Å². The van der Waals surface area contributed by atoms with E-state index >= 15 is 0 Å². The van der Waals surface area contributed by atoms with E-state index in [1.807, 2.05) is 25.1 Å². The Balaban J connectivity index is 1.81. The van der Waals surface area contributed by atoms with E-state index in [2.05, 4.69) is 31.2 Å². The van der Waals surface area contributed by atoms with E-state index in [-0.39, 0.29) is 18.0 Å². The van der Waals surface area contributed by atoms with Crippen LogP contribution in [0.15, 0.2) is 42.5 Å². The maximum Gasteiger partial charge on any atom is 0.340 e. The summed E-state index contributed by atoms with van der Waals surface area (Å²) in [6.45, 7) is 4.13. The summed E-state index contributed by atoms with van der Waals surface area (Å²) in [5, 5.41) is 0. The molecule has 0 amide bonds. The minimum atomic E-state index is -0.234. The van der Waals surface area contributed by atoms with Crippen molar-refractivity contribution in [1.82, 2.24) is 4.98 Å². The number of nitrogens with zero attached hydrogens (tertiary/aromatic N) is 1. The third kappa shape index (κ3) is 2.91. The molecule has 0 spiro atoms. The van der Waals surface area contributed by atoms with Gasteiger partial charge in [-0.05, 0) is 24.9 Å². The molecule has 1 unspecified atom stereocenters. The van der Waals surface area contributed by atoms with E-state index in [0.717, 1.165) is 31.3 Å². The van der Waals surface area contributed by atoms with E-state index < -0.39 is 0 Å². The van der Waals surface area contributed by atoms with E-state index in [4.69, 9.17) is 9.72 Å². The van der Waals surface area contributed by atoms with Gasteiger partial charge in [-0.2, -0.15) is 0 Å². The van der Waals surface area contributed by atoms with Crippen molar-refractivity contribution in [2.45, 2.75) is 38.6 Å². The number of carbonyl (C=O) groups excluding carboxylic acids is 1. The van der Waals surface area contributed by atoms with Gasteiger partial charge in [-0.25, -0.2) is 4.79 Å². The summed E-state index contributed by atoms with van der Waals surface area (Å²) < 4.78 is 5.46. The number of pyridine rings is 1. The van der Waals surface area contributed by atoms with Crippen LogP contribution in [0.2, 0.25) is 0 Å². The molecule has 2 aromatic rings. The summed E-state index contributed by atoms with van der Waals surface area (Å²) in [4.78, 5) is 16.8. The summed E-state index contributed by atoms with van der Waals surface area (Å²) in [6, 6.07) is 14.2. The monoisotopic (exact) mass is 293 g/mol. The van der Waals surface area contributed by atoms with Crippen LogP contribution in [0.3, 0.4) is 0 Å². The van der Waals surface area contributed by atoms with Crippen molar-refractivity contribution in [3.05, 3.63) is 59.3 Å². The lowest BCUT2D eigenvalue weighted by Gasteiger charge is -2.29. The van der Waals surface area contributed by atoms with Gasteiger partial charge in [0.2, 0.25) is 0 Å². The first-order valence-corrected chi connectivity index (χ1v) is 7.93. The van der Waals surface area contributed by atoms with Crippen molar-refractivity contribution in [2.75, 3.05) is 0 Å². The molecule has 0 radical (unpaired) electrons. The summed E-state index contributed by atoms with van der Waals surface area (Å²) in [5.41, 5.74) is 3.87. The number of rotatable bonds is 4. The standard InChI is InChI=1S/C18H20BNO2/c1-3-15-12(2)17-14(18(21)22-15)9-10-16(20-17)19-11-13-7-5-4-6-8-13/h4-10,12,15,19H,3,11H2,1-2H3/t12?,15-/m1/s1. The molecular formula is C18H20BNO2. The Morgan fingerprint density at radius 1 is 1.18 bits per heavy atom. The fraction of sp³-hybridized carbons (Fsp3) is 0.333. The van der Waals surface area contributed by atoms with Crippen LogP contribution in [0, 0.1) is 0 Å². The molecule has 2 atom stereocenters. The van der Waals surface area contributed by atoms with Crippen molar-refractivity contribution in [1.29, 1.82) is 0 Å². The number of aromatic nitrogens is 1. The molecule has 1 aromatic heterocycles. The molecule has 0 N–H and O–H groups in total. The predicted octanol–water partition coefficient (Wildman–Crippen LogP) is 2.40. The van der Waals surface area contributed by atoms with Crippen LogP contribution in [-0.4, -0.2) is 24.3 Å². The first-order chi connectivity index (χ1) is 10.7. The van der Waals surface area contributed by atoms with Crippen LogP contribution in [0.4, 0.5) is 0 Å². The number of cyclic esters (lactones) is 1. The summed E-state index contributed by atoms with van der Waals surface area (Å²) in [6.07, 6.45) is 1.72. The van der Waals surface area contributed by atoms with Gasteiger partial charge in [0.1, 0.15) is 6.10 Å². The van der Waals surface area contributed by atoms with Gasteiger partial charge in [0, 0.05) is 11.5 Å². The van der Waals surface area contributed by atoms with Crippen LogP contribution >= 0.6 is 0 Å². The number of ether oxygens (including phenoxy) is 1. The first kappa shape index (κ1) is 14.8. The zero-order chi connectivity index (χ0) is 15.5. The lowest BCUT2D eigenvalue weighted by molar-refractivity contribution is 0.0175. The molecule has 0 fully saturated rings. The quantitative estimate of drug-likeness (QED) is 0.642. The second-order valence-electron chi connectivity index (χ2n) is 5.86. The zero-order valence-corrected chi connectivity index (χ0v) is 13.1. The Kier molecular flexibility index (Phi) is 4.28. The number of fused-ring (bicyclic) bond motifs is 1. The molecule has 4 heteroatoms. The van der Waals surface area contributed by atoms with Crippen LogP contribution in [0.25, 0.3) is 0 Å². The number of hydrogen-bond acceptors (Lipinski definition) is 3.